The van der Waals surface area contributed by atoms with Gasteiger partial charge < -0.3 is 5.73 Å². The number of rotatable bonds is 1. The number of thiol groups is 1. The highest BCUT2D eigenvalue weighted by atomic mass is 32.1. The van der Waals surface area contributed by atoms with Gasteiger partial charge in [0.1, 0.15) is 0 Å². The zero-order valence-electron chi connectivity index (χ0n) is 7.32. The zero-order chi connectivity index (χ0) is 10.1. The second-order valence-electron chi connectivity index (χ2n) is 2.97. The van der Waals surface area contributed by atoms with E-state index in [1.165, 1.54) is 11.3 Å². The van der Waals surface area contributed by atoms with Crippen LogP contribution in [0.5, 0.6) is 0 Å². The first-order valence-corrected chi connectivity index (χ1v) is 5.35. The van der Waals surface area contributed by atoms with Gasteiger partial charge in [0.2, 0.25) is 0 Å². The van der Waals surface area contributed by atoms with Crippen molar-refractivity contribution in [3.8, 4) is 6.07 Å². The number of nitrogens with zero attached hydrogens (tertiary/aromatic N) is 1. The quantitative estimate of drug-likeness (QED) is 0.726. The van der Waals surface area contributed by atoms with Crippen molar-refractivity contribution in [2.75, 3.05) is 5.73 Å². The van der Waals surface area contributed by atoms with Crippen LogP contribution < -0.4 is 5.73 Å². The van der Waals surface area contributed by atoms with Gasteiger partial charge in [-0.25, -0.2) is 0 Å². The predicted octanol–water partition coefficient (Wildman–Crippen LogP) is 2.84. The van der Waals surface area contributed by atoms with Crippen LogP contribution in [-0.4, -0.2) is 0 Å². The summed E-state index contributed by atoms with van der Waals surface area (Å²) in [7, 11) is 0. The Morgan fingerprint density at radius 3 is 3.00 bits per heavy atom. The number of anilines is 1. The van der Waals surface area contributed by atoms with Gasteiger partial charge in [0.05, 0.1) is 17.5 Å². The Hall–Kier alpha value is -1.18. The average Bonchev–Trinajstić information content (AvgIpc) is 2.53. The Balaban J connectivity index is 2.75. The maximum absolute atomic E-state index is 8.66. The average molecular weight is 220 g/mol. The van der Waals surface area contributed by atoms with E-state index in [4.69, 9.17) is 11.0 Å². The number of benzene rings is 1. The Labute approximate surface area is 91.4 Å². The lowest BCUT2D eigenvalue weighted by molar-refractivity contribution is 1.28. The summed E-state index contributed by atoms with van der Waals surface area (Å²) in [6.07, 6.45) is 0.421. The summed E-state index contributed by atoms with van der Waals surface area (Å²) >= 11 is 5.86. The van der Waals surface area contributed by atoms with E-state index in [0.717, 1.165) is 25.5 Å². The summed E-state index contributed by atoms with van der Waals surface area (Å²) in [5.41, 5.74) is 6.76. The topological polar surface area (TPSA) is 49.8 Å². The molecule has 1 heterocycles. The van der Waals surface area contributed by atoms with Gasteiger partial charge in [-0.3, -0.25) is 0 Å². The summed E-state index contributed by atoms with van der Waals surface area (Å²) in [4.78, 5) is 0.912. The Kier molecular flexibility index (Phi) is 2.36. The van der Waals surface area contributed by atoms with Crippen molar-refractivity contribution in [1.29, 1.82) is 5.26 Å². The number of hydrogen-bond acceptors (Lipinski definition) is 4. The normalized spacial score (nSPS) is 10.3. The first-order valence-electron chi connectivity index (χ1n) is 4.09. The molecule has 0 saturated carbocycles. The summed E-state index contributed by atoms with van der Waals surface area (Å²) in [6, 6.07) is 7.89. The summed E-state index contributed by atoms with van der Waals surface area (Å²) < 4.78 is 1.08. The summed E-state index contributed by atoms with van der Waals surface area (Å²) in [5.74, 6) is 0. The first kappa shape index (κ1) is 9.38. The van der Waals surface area contributed by atoms with Crippen LogP contribution >= 0.6 is 24.0 Å². The van der Waals surface area contributed by atoms with E-state index < -0.39 is 0 Å². The molecule has 0 aliphatic rings. The van der Waals surface area contributed by atoms with Crippen molar-refractivity contribution in [3.63, 3.8) is 0 Å². The van der Waals surface area contributed by atoms with Crippen LogP contribution in [0, 0.1) is 11.3 Å². The predicted molar refractivity (Wildman–Crippen MR) is 62.8 cm³/mol. The highest BCUT2D eigenvalue weighted by molar-refractivity contribution is 7.80. The van der Waals surface area contributed by atoms with Crippen LogP contribution in [0.15, 0.2) is 23.1 Å². The minimum Gasteiger partial charge on any atom is -0.391 e. The highest BCUT2D eigenvalue weighted by Crippen LogP contribution is 2.34. The van der Waals surface area contributed by atoms with E-state index in [2.05, 4.69) is 18.7 Å². The molecular formula is C10H8N2S2. The third kappa shape index (κ3) is 1.45. The fraction of sp³-hybridized carbons (Fsp3) is 0.100. The Morgan fingerprint density at radius 1 is 1.50 bits per heavy atom. The van der Waals surface area contributed by atoms with Crippen LogP contribution in [0.4, 0.5) is 5.00 Å². The molecule has 70 valence electrons. The number of hydrogen-bond donors (Lipinski definition) is 2. The van der Waals surface area contributed by atoms with Crippen molar-refractivity contribution >= 4 is 39.1 Å². The smallest absolute Gasteiger partial charge is 0.0869 e. The molecule has 0 aliphatic heterocycles. The van der Waals surface area contributed by atoms with E-state index in [-0.39, 0.29) is 0 Å². The number of thiophene rings is 1. The largest absolute Gasteiger partial charge is 0.391 e. The molecule has 2 nitrogen and oxygen atoms in total. The third-order valence-corrected chi connectivity index (χ3v) is 3.46. The monoisotopic (exact) mass is 220 g/mol. The molecule has 0 atom stereocenters. The minimum atomic E-state index is 0.421. The van der Waals surface area contributed by atoms with Gasteiger partial charge in [0.15, 0.2) is 0 Å². The molecule has 14 heavy (non-hydrogen) atoms. The Bertz CT molecular complexity index is 523. The van der Waals surface area contributed by atoms with Crippen molar-refractivity contribution in [3.05, 3.63) is 23.8 Å². The molecule has 0 radical (unpaired) electrons. The van der Waals surface area contributed by atoms with E-state index in [9.17, 15) is 0 Å². The van der Waals surface area contributed by atoms with E-state index in [1.807, 2.05) is 18.2 Å². The maximum Gasteiger partial charge on any atom is 0.0869 e. The van der Waals surface area contributed by atoms with Crippen molar-refractivity contribution < 1.29 is 0 Å². The lowest BCUT2D eigenvalue weighted by atomic mass is 10.1. The fourth-order valence-electron chi connectivity index (χ4n) is 1.41. The van der Waals surface area contributed by atoms with Gasteiger partial charge >= 0.3 is 0 Å². The molecule has 0 bridgehead atoms. The standard InChI is InChI=1S/C10H8N2S2/c11-4-3-6-1-2-8(13)7-5-9(12)14-10(6)7/h1-2,5,13H,3,12H2. The number of nitriles is 1. The second-order valence-corrected chi connectivity index (χ2v) is 4.54. The van der Waals surface area contributed by atoms with Crippen LogP contribution in [-0.2, 0) is 6.42 Å². The first-order chi connectivity index (χ1) is 6.72. The van der Waals surface area contributed by atoms with Crippen LogP contribution in [0.1, 0.15) is 5.56 Å². The van der Waals surface area contributed by atoms with E-state index in [1.54, 1.807) is 0 Å². The molecule has 0 unspecified atom stereocenters. The molecule has 0 saturated heterocycles. The molecule has 2 N–H and O–H groups in total. The van der Waals surface area contributed by atoms with Gasteiger partial charge in [0.25, 0.3) is 0 Å². The van der Waals surface area contributed by atoms with Crippen LogP contribution in [0.2, 0.25) is 0 Å². The molecule has 0 aliphatic carbocycles. The molecular weight excluding hydrogens is 212 g/mol. The number of nitrogen functional groups attached to an aromatic ring is 1. The Morgan fingerprint density at radius 2 is 2.29 bits per heavy atom. The van der Waals surface area contributed by atoms with Gasteiger partial charge in [-0.2, -0.15) is 5.26 Å². The molecule has 0 amide bonds. The van der Waals surface area contributed by atoms with Crippen molar-refractivity contribution in [2.45, 2.75) is 11.3 Å². The molecule has 2 aromatic rings. The molecule has 1 aromatic carbocycles. The second kappa shape index (κ2) is 3.52. The summed E-state index contributed by atoms with van der Waals surface area (Å²) in [6.45, 7) is 0. The molecule has 2 rings (SSSR count). The third-order valence-electron chi connectivity index (χ3n) is 2.03. The molecule has 0 fully saturated rings. The highest BCUT2D eigenvalue weighted by Gasteiger charge is 2.07. The minimum absolute atomic E-state index is 0.421. The van der Waals surface area contributed by atoms with Gasteiger partial charge in [-0.05, 0) is 17.7 Å². The maximum atomic E-state index is 8.66. The molecule has 4 heteroatoms. The lowest BCUT2D eigenvalue weighted by Crippen LogP contribution is -1.81. The van der Waals surface area contributed by atoms with Crippen LogP contribution in [0.3, 0.4) is 0 Å². The zero-order valence-corrected chi connectivity index (χ0v) is 9.03. The molecule has 0 spiro atoms. The SMILES string of the molecule is N#CCc1ccc(S)c2cc(N)sc12. The fourth-order valence-corrected chi connectivity index (χ4v) is 2.70. The van der Waals surface area contributed by atoms with Crippen molar-refractivity contribution in [2.24, 2.45) is 0 Å². The van der Waals surface area contributed by atoms with Gasteiger partial charge in [-0.15, -0.1) is 24.0 Å². The van der Waals surface area contributed by atoms with E-state index in [0.29, 0.717) is 6.42 Å². The van der Waals surface area contributed by atoms with Gasteiger partial charge in [0, 0.05) is 15.0 Å². The van der Waals surface area contributed by atoms with E-state index >= 15 is 0 Å². The summed E-state index contributed by atoms with van der Waals surface area (Å²) in [5, 5.41) is 10.5. The van der Waals surface area contributed by atoms with Gasteiger partial charge in [-0.1, -0.05) is 6.07 Å². The lowest BCUT2D eigenvalue weighted by Gasteiger charge is -1.99. The number of fused-ring (bicyclic) bond motifs is 1. The number of nitrogens with two attached hydrogens (primary N) is 1. The van der Waals surface area contributed by atoms with Crippen molar-refractivity contribution in [1.82, 2.24) is 0 Å². The van der Waals surface area contributed by atoms with Crippen LogP contribution in [0.25, 0.3) is 10.1 Å². The molecule has 1 aromatic heterocycles.